The van der Waals surface area contributed by atoms with Gasteiger partial charge in [0.2, 0.25) is 0 Å². The van der Waals surface area contributed by atoms with E-state index >= 15 is 0 Å². The standard InChI is InChI=1S/C20H20FNO3/c1-14(23)16-3-2-4-19(11-16)25-13-20(24)22(18-9-10-18)12-15-5-7-17(21)8-6-15/h2-8,11,18H,9-10,12-13H2,1H3. The molecule has 5 heteroatoms. The molecule has 0 radical (unpaired) electrons. The van der Waals surface area contributed by atoms with E-state index in [2.05, 4.69) is 0 Å². The number of amides is 1. The van der Waals surface area contributed by atoms with Gasteiger partial charge in [-0.15, -0.1) is 0 Å². The Balaban J connectivity index is 1.62. The lowest BCUT2D eigenvalue weighted by molar-refractivity contribution is -0.134. The van der Waals surface area contributed by atoms with E-state index < -0.39 is 0 Å². The second-order valence-electron chi connectivity index (χ2n) is 6.25. The summed E-state index contributed by atoms with van der Waals surface area (Å²) in [6.07, 6.45) is 1.96. The number of carbonyl (C=O) groups is 2. The number of halogens is 1. The minimum absolute atomic E-state index is 0.0484. The van der Waals surface area contributed by atoms with E-state index in [9.17, 15) is 14.0 Å². The summed E-state index contributed by atoms with van der Waals surface area (Å²) >= 11 is 0. The number of rotatable bonds is 7. The summed E-state index contributed by atoms with van der Waals surface area (Å²) in [7, 11) is 0. The zero-order valence-corrected chi connectivity index (χ0v) is 14.1. The van der Waals surface area contributed by atoms with Crippen LogP contribution in [0.1, 0.15) is 35.7 Å². The fourth-order valence-corrected chi connectivity index (χ4v) is 2.63. The van der Waals surface area contributed by atoms with E-state index in [4.69, 9.17) is 4.74 Å². The maximum atomic E-state index is 13.0. The van der Waals surface area contributed by atoms with Gasteiger partial charge in [0.1, 0.15) is 11.6 Å². The fourth-order valence-electron chi connectivity index (χ4n) is 2.63. The lowest BCUT2D eigenvalue weighted by Gasteiger charge is -2.22. The van der Waals surface area contributed by atoms with Crippen molar-refractivity contribution in [3.05, 3.63) is 65.5 Å². The molecule has 1 aliphatic rings. The largest absolute Gasteiger partial charge is 0.484 e. The molecule has 25 heavy (non-hydrogen) atoms. The van der Waals surface area contributed by atoms with Crippen LogP contribution in [-0.4, -0.2) is 29.2 Å². The van der Waals surface area contributed by atoms with Crippen molar-refractivity contribution in [1.29, 1.82) is 0 Å². The van der Waals surface area contributed by atoms with Gasteiger partial charge in [0.15, 0.2) is 12.4 Å². The van der Waals surface area contributed by atoms with Crippen molar-refractivity contribution >= 4 is 11.7 Å². The van der Waals surface area contributed by atoms with Crippen molar-refractivity contribution in [1.82, 2.24) is 4.90 Å². The molecule has 2 aromatic carbocycles. The monoisotopic (exact) mass is 341 g/mol. The van der Waals surface area contributed by atoms with Crippen LogP contribution in [0.2, 0.25) is 0 Å². The zero-order valence-electron chi connectivity index (χ0n) is 14.1. The SMILES string of the molecule is CC(=O)c1cccc(OCC(=O)N(Cc2ccc(F)cc2)C2CC2)c1. The highest BCUT2D eigenvalue weighted by Crippen LogP contribution is 2.28. The summed E-state index contributed by atoms with van der Waals surface area (Å²) in [6.45, 7) is 1.85. The first kappa shape index (κ1) is 17.1. The van der Waals surface area contributed by atoms with Crippen LogP contribution >= 0.6 is 0 Å². The highest BCUT2D eigenvalue weighted by Gasteiger charge is 2.32. The van der Waals surface area contributed by atoms with Gasteiger partial charge >= 0.3 is 0 Å². The van der Waals surface area contributed by atoms with E-state index in [1.54, 1.807) is 41.3 Å². The van der Waals surface area contributed by atoms with Crippen LogP contribution in [0.25, 0.3) is 0 Å². The van der Waals surface area contributed by atoms with Crippen LogP contribution in [0.4, 0.5) is 4.39 Å². The predicted molar refractivity (Wildman–Crippen MR) is 91.9 cm³/mol. The van der Waals surface area contributed by atoms with Crippen LogP contribution in [0.3, 0.4) is 0 Å². The van der Waals surface area contributed by atoms with Gasteiger partial charge in [-0.2, -0.15) is 0 Å². The molecular formula is C20H20FNO3. The van der Waals surface area contributed by atoms with Gasteiger partial charge < -0.3 is 9.64 Å². The number of hydrogen-bond donors (Lipinski definition) is 0. The Kier molecular flexibility index (Phi) is 5.12. The molecule has 130 valence electrons. The highest BCUT2D eigenvalue weighted by atomic mass is 19.1. The molecule has 0 aromatic heterocycles. The number of hydrogen-bond acceptors (Lipinski definition) is 3. The summed E-state index contributed by atoms with van der Waals surface area (Å²) in [5.74, 6) is 0.0491. The van der Waals surface area contributed by atoms with Crippen LogP contribution in [0.5, 0.6) is 5.75 Å². The molecule has 1 amide bonds. The smallest absolute Gasteiger partial charge is 0.261 e. The van der Waals surface area contributed by atoms with Crippen LogP contribution in [0.15, 0.2) is 48.5 Å². The molecule has 0 bridgehead atoms. The van der Waals surface area contributed by atoms with Gasteiger partial charge in [0.25, 0.3) is 5.91 Å². The number of carbonyl (C=O) groups excluding carboxylic acids is 2. The van der Waals surface area contributed by atoms with E-state index in [-0.39, 0.29) is 30.2 Å². The van der Waals surface area contributed by atoms with Crippen LogP contribution in [0, 0.1) is 5.82 Å². The van der Waals surface area contributed by atoms with Gasteiger partial charge in [-0.05, 0) is 49.6 Å². The van der Waals surface area contributed by atoms with Crippen molar-refractivity contribution in [2.24, 2.45) is 0 Å². The summed E-state index contributed by atoms with van der Waals surface area (Å²) in [4.78, 5) is 25.7. The van der Waals surface area contributed by atoms with Crippen molar-refractivity contribution < 1.29 is 18.7 Å². The maximum Gasteiger partial charge on any atom is 0.261 e. The van der Waals surface area contributed by atoms with Gasteiger partial charge in [-0.1, -0.05) is 24.3 Å². The molecule has 0 atom stereocenters. The second-order valence-corrected chi connectivity index (χ2v) is 6.25. The molecule has 2 aromatic rings. The van der Waals surface area contributed by atoms with Crippen LogP contribution < -0.4 is 4.74 Å². The number of nitrogens with zero attached hydrogens (tertiary/aromatic N) is 1. The maximum absolute atomic E-state index is 13.0. The second kappa shape index (κ2) is 7.47. The summed E-state index contributed by atoms with van der Waals surface area (Å²) in [5.41, 5.74) is 1.44. The average Bonchev–Trinajstić information content (AvgIpc) is 3.44. The lowest BCUT2D eigenvalue weighted by Crippen LogP contribution is -2.36. The Morgan fingerprint density at radius 3 is 2.52 bits per heavy atom. The number of ketones is 1. The quantitative estimate of drug-likeness (QED) is 0.723. The molecule has 1 aliphatic carbocycles. The topological polar surface area (TPSA) is 46.6 Å². The summed E-state index contributed by atoms with van der Waals surface area (Å²) < 4.78 is 18.6. The van der Waals surface area contributed by atoms with Gasteiger partial charge in [0, 0.05) is 18.2 Å². The molecule has 0 heterocycles. The fraction of sp³-hybridized carbons (Fsp3) is 0.300. The Morgan fingerprint density at radius 1 is 1.16 bits per heavy atom. The third-order valence-electron chi connectivity index (χ3n) is 4.18. The minimum atomic E-state index is -0.290. The Hall–Kier alpha value is -2.69. The molecule has 1 saturated carbocycles. The highest BCUT2D eigenvalue weighted by molar-refractivity contribution is 5.94. The Labute approximate surface area is 146 Å². The first-order valence-corrected chi connectivity index (χ1v) is 8.30. The molecule has 0 aliphatic heterocycles. The lowest BCUT2D eigenvalue weighted by atomic mass is 10.1. The normalized spacial score (nSPS) is 13.4. The third kappa shape index (κ3) is 4.66. The van der Waals surface area contributed by atoms with Gasteiger partial charge in [-0.3, -0.25) is 9.59 Å². The number of Topliss-reactive ketones (excluding diaryl/α,β-unsaturated/α-hetero) is 1. The van der Waals surface area contributed by atoms with Gasteiger partial charge in [0.05, 0.1) is 0 Å². The molecule has 0 unspecified atom stereocenters. The number of ether oxygens (including phenoxy) is 1. The first-order chi connectivity index (χ1) is 12.0. The molecule has 0 spiro atoms. The van der Waals surface area contributed by atoms with Crippen molar-refractivity contribution in [3.63, 3.8) is 0 Å². The molecular weight excluding hydrogens is 321 g/mol. The van der Waals surface area contributed by atoms with Gasteiger partial charge in [-0.25, -0.2) is 4.39 Å². The van der Waals surface area contributed by atoms with Crippen molar-refractivity contribution in [2.75, 3.05) is 6.61 Å². The van der Waals surface area contributed by atoms with E-state index in [1.165, 1.54) is 19.1 Å². The van der Waals surface area contributed by atoms with E-state index in [1.807, 2.05) is 0 Å². The van der Waals surface area contributed by atoms with Crippen molar-refractivity contribution in [3.8, 4) is 5.75 Å². The summed E-state index contributed by atoms with van der Waals surface area (Å²) in [5, 5.41) is 0. The molecule has 1 fully saturated rings. The summed E-state index contributed by atoms with van der Waals surface area (Å²) in [6, 6.07) is 13.2. The third-order valence-corrected chi connectivity index (χ3v) is 4.18. The Morgan fingerprint density at radius 2 is 1.88 bits per heavy atom. The van der Waals surface area contributed by atoms with E-state index in [0.29, 0.717) is 17.9 Å². The molecule has 4 nitrogen and oxygen atoms in total. The zero-order chi connectivity index (χ0) is 17.8. The Bertz CT molecular complexity index is 769. The first-order valence-electron chi connectivity index (χ1n) is 8.30. The van der Waals surface area contributed by atoms with Crippen molar-refractivity contribution in [2.45, 2.75) is 32.4 Å². The molecule has 3 rings (SSSR count). The van der Waals surface area contributed by atoms with Crippen LogP contribution in [-0.2, 0) is 11.3 Å². The average molecular weight is 341 g/mol. The molecule has 0 N–H and O–H groups in total. The number of benzene rings is 2. The molecule has 0 saturated heterocycles. The van der Waals surface area contributed by atoms with E-state index in [0.717, 1.165) is 18.4 Å². The predicted octanol–water partition coefficient (Wildman–Crippen LogP) is 3.60. The minimum Gasteiger partial charge on any atom is -0.484 e.